The van der Waals surface area contributed by atoms with Gasteiger partial charge in [0, 0.05) is 78.3 Å². The number of piperazine rings is 2. The summed E-state index contributed by atoms with van der Waals surface area (Å²) in [6, 6.07) is 23.2. The van der Waals surface area contributed by atoms with Crippen molar-refractivity contribution in [3.8, 4) is 23.0 Å². The fourth-order valence-electron chi connectivity index (χ4n) is 6.73. The SMILES string of the molecule is O=C(CCc1cccc(OC(F)(F)F)c1)N1CCN(CCOc2ccc(F)cc2)CC1.O=C(CCc1ccccc1OC(F)(F)F)N1CCN(CCOc2ccc(F)cc2)CC1. The minimum absolute atomic E-state index is 0.0237. The highest BCUT2D eigenvalue weighted by Crippen LogP contribution is 2.28. The number of halogens is 8. The van der Waals surface area contributed by atoms with Gasteiger partial charge in [0.25, 0.3) is 0 Å². The Labute approximate surface area is 354 Å². The van der Waals surface area contributed by atoms with E-state index in [9.17, 15) is 44.7 Å². The van der Waals surface area contributed by atoms with E-state index in [1.165, 1.54) is 60.7 Å². The molecule has 0 unspecified atom stereocenters. The average molecular weight is 881 g/mol. The van der Waals surface area contributed by atoms with Crippen LogP contribution in [0.2, 0.25) is 0 Å². The maximum absolute atomic E-state index is 12.9. The summed E-state index contributed by atoms with van der Waals surface area (Å²) >= 11 is 0. The molecule has 0 N–H and O–H groups in total. The van der Waals surface area contributed by atoms with Gasteiger partial charge in [-0.05, 0) is 90.7 Å². The quantitative estimate of drug-likeness (QED) is 0.106. The number of carbonyl (C=O) groups excluding carboxylic acids is 2. The predicted octanol–water partition coefficient (Wildman–Crippen LogP) is 7.76. The number of aryl methyl sites for hydroxylation is 2. The summed E-state index contributed by atoms with van der Waals surface area (Å²) in [7, 11) is 0. The summed E-state index contributed by atoms with van der Waals surface area (Å²) in [4.78, 5) is 32.8. The maximum atomic E-state index is 12.9. The van der Waals surface area contributed by atoms with Crippen molar-refractivity contribution >= 4 is 11.8 Å². The van der Waals surface area contributed by atoms with Crippen molar-refractivity contribution in [2.24, 2.45) is 0 Å². The summed E-state index contributed by atoms with van der Waals surface area (Å²) < 4.78 is 119. The first-order chi connectivity index (χ1) is 29.6. The maximum Gasteiger partial charge on any atom is 0.573 e. The lowest BCUT2D eigenvalue weighted by Gasteiger charge is -2.34. The topological polar surface area (TPSA) is 84.0 Å². The second-order valence-electron chi connectivity index (χ2n) is 14.4. The zero-order valence-corrected chi connectivity index (χ0v) is 33.8. The van der Waals surface area contributed by atoms with E-state index in [1.807, 2.05) is 0 Å². The number of benzene rings is 4. The van der Waals surface area contributed by atoms with E-state index in [0.717, 1.165) is 0 Å². The van der Waals surface area contributed by atoms with E-state index in [0.29, 0.717) is 108 Å². The lowest BCUT2D eigenvalue weighted by atomic mass is 10.1. The van der Waals surface area contributed by atoms with Crippen LogP contribution in [0.4, 0.5) is 35.1 Å². The standard InChI is InChI=1S/2C22H24F4N2O3/c23-18-5-7-19(8-6-18)30-15-14-27-10-12-28(13-11-27)21(29)9-4-17-2-1-3-20(16-17)31-22(24,25)26;23-18-6-8-19(9-7-18)30-16-15-27-11-13-28(14-12-27)21(29)10-5-17-3-1-2-4-20(17)31-22(24,25)26/h1-3,5-8,16H,4,9-15H2;1-4,6-9H,5,10-16H2. The average Bonchev–Trinajstić information content (AvgIpc) is 3.23. The molecule has 0 spiro atoms. The number of alkyl halides is 6. The molecule has 62 heavy (non-hydrogen) atoms. The molecule has 0 aromatic heterocycles. The van der Waals surface area contributed by atoms with Gasteiger partial charge in [0.2, 0.25) is 11.8 Å². The van der Waals surface area contributed by atoms with Crippen LogP contribution in [0.15, 0.2) is 97.1 Å². The predicted molar refractivity (Wildman–Crippen MR) is 213 cm³/mol. The molecule has 18 heteroatoms. The van der Waals surface area contributed by atoms with Crippen LogP contribution >= 0.6 is 0 Å². The molecular weight excluding hydrogens is 832 g/mol. The second kappa shape index (κ2) is 23.0. The van der Waals surface area contributed by atoms with Crippen LogP contribution in [0.3, 0.4) is 0 Å². The first kappa shape index (κ1) is 47.4. The Morgan fingerprint density at radius 3 is 1.47 bits per heavy atom. The van der Waals surface area contributed by atoms with Crippen LogP contribution in [0.5, 0.6) is 23.0 Å². The van der Waals surface area contributed by atoms with Crippen LogP contribution < -0.4 is 18.9 Å². The molecule has 0 atom stereocenters. The molecule has 0 radical (unpaired) electrons. The van der Waals surface area contributed by atoms with Crippen molar-refractivity contribution in [2.45, 2.75) is 38.4 Å². The highest BCUT2D eigenvalue weighted by atomic mass is 19.4. The Bertz CT molecular complexity index is 1990. The molecule has 0 bridgehead atoms. The number of hydrogen-bond donors (Lipinski definition) is 0. The smallest absolute Gasteiger partial charge is 0.492 e. The summed E-state index contributed by atoms with van der Waals surface area (Å²) in [5.41, 5.74) is 0.969. The van der Waals surface area contributed by atoms with Crippen molar-refractivity contribution < 1.29 is 63.7 Å². The Hall–Kier alpha value is -5.62. The number of amides is 2. The van der Waals surface area contributed by atoms with Gasteiger partial charge in [-0.25, -0.2) is 8.78 Å². The number of ether oxygens (including phenoxy) is 4. The van der Waals surface area contributed by atoms with Crippen molar-refractivity contribution in [3.63, 3.8) is 0 Å². The van der Waals surface area contributed by atoms with Crippen LogP contribution in [-0.2, 0) is 22.4 Å². The highest BCUT2D eigenvalue weighted by molar-refractivity contribution is 5.77. The minimum atomic E-state index is -4.77. The monoisotopic (exact) mass is 880 g/mol. The molecule has 4 aromatic rings. The molecule has 0 aliphatic carbocycles. The van der Waals surface area contributed by atoms with Gasteiger partial charge in [-0.3, -0.25) is 19.4 Å². The molecule has 2 heterocycles. The van der Waals surface area contributed by atoms with Gasteiger partial charge in [-0.1, -0.05) is 30.3 Å². The molecule has 2 fully saturated rings. The fourth-order valence-corrected chi connectivity index (χ4v) is 6.73. The van der Waals surface area contributed by atoms with E-state index >= 15 is 0 Å². The number of nitrogens with zero attached hydrogens (tertiary/aromatic N) is 4. The zero-order valence-electron chi connectivity index (χ0n) is 33.8. The first-order valence-corrected chi connectivity index (χ1v) is 20.0. The van der Waals surface area contributed by atoms with Gasteiger partial charge in [0.1, 0.15) is 47.8 Å². The minimum Gasteiger partial charge on any atom is -0.492 e. The molecule has 0 saturated carbocycles. The first-order valence-electron chi connectivity index (χ1n) is 20.0. The van der Waals surface area contributed by atoms with Crippen LogP contribution in [0, 0.1) is 11.6 Å². The molecule has 4 aromatic carbocycles. The van der Waals surface area contributed by atoms with Crippen molar-refractivity contribution in [1.82, 2.24) is 19.6 Å². The highest BCUT2D eigenvalue weighted by Gasteiger charge is 2.33. The Morgan fingerprint density at radius 2 is 0.984 bits per heavy atom. The van der Waals surface area contributed by atoms with Gasteiger partial charge >= 0.3 is 12.7 Å². The van der Waals surface area contributed by atoms with Crippen molar-refractivity contribution in [1.29, 1.82) is 0 Å². The molecule has 2 saturated heterocycles. The third-order valence-corrected chi connectivity index (χ3v) is 10.00. The molecular formula is C44H48F8N4O6. The largest absolute Gasteiger partial charge is 0.573 e. The van der Waals surface area contributed by atoms with Gasteiger partial charge < -0.3 is 28.7 Å². The second-order valence-corrected chi connectivity index (χ2v) is 14.4. The van der Waals surface area contributed by atoms with Crippen molar-refractivity contribution in [3.05, 3.63) is 120 Å². The summed E-state index contributed by atoms with van der Waals surface area (Å²) in [5, 5.41) is 0. The van der Waals surface area contributed by atoms with Crippen molar-refractivity contribution in [2.75, 3.05) is 78.7 Å². The number of rotatable bonds is 16. The number of para-hydroxylation sites is 1. The Balaban J connectivity index is 0.000000234. The molecule has 6 rings (SSSR count). The van der Waals surface area contributed by atoms with E-state index < -0.39 is 12.7 Å². The van der Waals surface area contributed by atoms with Crippen LogP contribution in [-0.4, -0.2) is 123 Å². The van der Waals surface area contributed by atoms with Crippen LogP contribution in [0.25, 0.3) is 0 Å². The lowest BCUT2D eigenvalue weighted by molar-refractivity contribution is -0.275. The van der Waals surface area contributed by atoms with Crippen LogP contribution in [0.1, 0.15) is 24.0 Å². The third kappa shape index (κ3) is 17.0. The number of hydrogen-bond acceptors (Lipinski definition) is 8. The molecule has 10 nitrogen and oxygen atoms in total. The van der Waals surface area contributed by atoms with Gasteiger partial charge in [-0.15, -0.1) is 26.3 Å². The zero-order chi connectivity index (χ0) is 44.5. The lowest BCUT2D eigenvalue weighted by Crippen LogP contribution is -2.49. The Morgan fingerprint density at radius 1 is 0.516 bits per heavy atom. The molecule has 2 aliphatic heterocycles. The summed E-state index contributed by atoms with van der Waals surface area (Å²) in [6.45, 7) is 7.39. The summed E-state index contributed by atoms with van der Waals surface area (Å²) in [6.07, 6.45) is -8.64. The fraction of sp³-hybridized carbons (Fsp3) is 0.409. The normalized spacial score (nSPS) is 15.0. The van der Waals surface area contributed by atoms with Gasteiger partial charge in [0.15, 0.2) is 0 Å². The van der Waals surface area contributed by atoms with Gasteiger partial charge in [-0.2, -0.15) is 0 Å². The molecule has 336 valence electrons. The van der Waals surface area contributed by atoms with Gasteiger partial charge in [0.05, 0.1) is 0 Å². The third-order valence-electron chi connectivity index (χ3n) is 10.00. The molecule has 2 aliphatic rings. The Kier molecular flexibility index (Phi) is 17.6. The number of carbonyl (C=O) groups is 2. The summed E-state index contributed by atoms with van der Waals surface area (Å²) in [5.74, 6) is -0.0824. The van der Waals surface area contributed by atoms with E-state index in [1.54, 1.807) is 46.2 Å². The molecule has 2 amide bonds. The van der Waals surface area contributed by atoms with E-state index in [4.69, 9.17) is 9.47 Å². The van der Waals surface area contributed by atoms with E-state index in [-0.39, 0.29) is 54.2 Å². The van der Waals surface area contributed by atoms with E-state index in [2.05, 4.69) is 19.3 Å².